The van der Waals surface area contributed by atoms with E-state index in [0.717, 1.165) is 12.8 Å². The quantitative estimate of drug-likeness (QED) is 0.694. The van der Waals surface area contributed by atoms with Gasteiger partial charge < -0.3 is 20.5 Å². The molecule has 1 unspecified atom stereocenters. The summed E-state index contributed by atoms with van der Waals surface area (Å²) in [5.41, 5.74) is -1.19. The third-order valence-corrected chi connectivity index (χ3v) is 3.99. The molecule has 20 heavy (non-hydrogen) atoms. The van der Waals surface area contributed by atoms with Crippen molar-refractivity contribution in [2.24, 2.45) is 5.41 Å². The van der Waals surface area contributed by atoms with Gasteiger partial charge in [-0.1, -0.05) is 20.3 Å². The molecule has 3 N–H and O–H groups in total. The molecule has 1 heterocycles. The van der Waals surface area contributed by atoms with E-state index < -0.39 is 17.5 Å². The largest absolute Gasteiger partial charge is 0.480 e. The molecule has 0 bridgehead atoms. The van der Waals surface area contributed by atoms with Gasteiger partial charge in [0, 0.05) is 19.8 Å². The van der Waals surface area contributed by atoms with Gasteiger partial charge in [0.1, 0.15) is 5.54 Å². The lowest BCUT2D eigenvalue weighted by Gasteiger charge is -2.34. The van der Waals surface area contributed by atoms with Crippen LogP contribution in [0.1, 0.15) is 46.5 Å². The molecule has 0 aromatic rings. The van der Waals surface area contributed by atoms with Crippen molar-refractivity contribution in [3.05, 3.63) is 0 Å². The van der Waals surface area contributed by atoms with Gasteiger partial charge in [0.15, 0.2) is 0 Å². The Balaban J connectivity index is 2.47. The molecule has 1 rings (SSSR count). The number of carbonyl (C=O) groups excluding carboxylic acids is 1. The Hall–Kier alpha value is -1.30. The first-order valence-electron chi connectivity index (χ1n) is 7.18. The second-order valence-corrected chi connectivity index (χ2v) is 6.12. The van der Waals surface area contributed by atoms with Crippen molar-refractivity contribution >= 4 is 12.0 Å². The lowest BCUT2D eigenvalue weighted by atomic mass is 9.82. The molecule has 0 aromatic carbocycles. The zero-order chi connectivity index (χ0) is 15.2. The number of carboxylic acids is 1. The van der Waals surface area contributed by atoms with Crippen molar-refractivity contribution < 1.29 is 19.4 Å². The van der Waals surface area contributed by atoms with Gasteiger partial charge in [-0.25, -0.2) is 9.59 Å². The lowest BCUT2D eigenvalue weighted by molar-refractivity contribution is -0.144. The highest BCUT2D eigenvalue weighted by molar-refractivity contribution is 5.85. The van der Waals surface area contributed by atoms with Gasteiger partial charge in [0.25, 0.3) is 0 Å². The maximum absolute atomic E-state index is 11.9. The first kappa shape index (κ1) is 16.8. The highest BCUT2D eigenvalue weighted by atomic mass is 16.5. The number of carboxylic acid groups (broad SMARTS) is 1. The van der Waals surface area contributed by atoms with Crippen molar-refractivity contribution in [1.29, 1.82) is 0 Å². The summed E-state index contributed by atoms with van der Waals surface area (Å²) in [5.74, 6) is -1.01. The van der Waals surface area contributed by atoms with Gasteiger partial charge >= 0.3 is 12.0 Å². The summed E-state index contributed by atoms with van der Waals surface area (Å²) >= 11 is 0. The topological polar surface area (TPSA) is 87.7 Å². The number of hydrogen-bond donors (Lipinski definition) is 3. The van der Waals surface area contributed by atoms with Crippen molar-refractivity contribution in [2.75, 3.05) is 19.8 Å². The summed E-state index contributed by atoms with van der Waals surface area (Å²) in [4.78, 5) is 23.2. The van der Waals surface area contributed by atoms with Crippen LogP contribution >= 0.6 is 0 Å². The summed E-state index contributed by atoms with van der Waals surface area (Å²) in [6.07, 6.45) is 2.90. The molecule has 0 aromatic heterocycles. The smallest absolute Gasteiger partial charge is 0.329 e. The SMILES string of the molecule is CCCC(C)(NC(=O)NCC1(C)CCOCC1)C(=O)O. The number of rotatable bonds is 6. The Bertz CT molecular complexity index is 353. The Morgan fingerprint density at radius 3 is 2.45 bits per heavy atom. The summed E-state index contributed by atoms with van der Waals surface area (Å²) in [6, 6.07) is -0.420. The van der Waals surface area contributed by atoms with E-state index in [1.807, 2.05) is 6.92 Å². The van der Waals surface area contributed by atoms with Crippen LogP contribution in [0.5, 0.6) is 0 Å². The minimum atomic E-state index is -1.21. The Labute approximate surface area is 120 Å². The molecule has 116 valence electrons. The summed E-state index contributed by atoms with van der Waals surface area (Å²) in [6.45, 7) is 7.49. The standard InChI is InChI=1S/C14H26N2O4/c1-4-5-14(3,11(17)18)16-12(19)15-10-13(2)6-8-20-9-7-13/h4-10H2,1-3H3,(H,17,18)(H2,15,16,19). The molecule has 0 saturated carbocycles. The number of carbonyl (C=O) groups is 2. The van der Waals surface area contributed by atoms with Crippen molar-refractivity contribution in [2.45, 2.75) is 52.0 Å². The van der Waals surface area contributed by atoms with Gasteiger partial charge in [-0.3, -0.25) is 0 Å². The second kappa shape index (κ2) is 6.92. The van der Waals surface area contributed by atoms with Crippen LogP contribution in [0.4, 0.5) is 4.79 Å². The predicted molar refractivity (Wildman–Crippen MR) is 75.6 cm³/mol. The number of nitrogens with one attached hydrogen (secondary N) is 2. The first-order chi connectivity index (χ1) is 9.31. The lowest BCUT2D eigenvalue weighted by Crippen LogP contribution is -2.56. The fraction of sp³-hybridized carbons (Fsp3) is 0.857. The number of amides is 2. The fourth-order valence-electron chi connectivity index (χ4n) is 2.35. The van der Waals surface area contributed by atoms with Crippen LogP contribution in [0.3, 0.4) is 0 Å². The van der Waals surface area contributed by atoms with Crippen LogP contribution in [0.2, 0.25) is 0 Å². The molecule has 1 aliphatic rings. The van der Waals surface area contributed by atoms with Gasteiger partial charge in [-0.15, -0.1) is 0 Å². The molecule has 1 aliphatic heterocycles. The summed E-state index contributed by atoms with van der Waals surface area (Å²) in [7, 11) is 0. The highest BCUT2D eigenvalue weighted by Gasteiger charge is 2.34. The molecule has 1 fully saturated rings. The van der Waals surface area contributed by atoms with Gasteiger partial charge in [-0.05, 0) is 31.6 Å². The van der Waals surface area contributed by atoms with E-state index in [2.05, 4.69) is 17.6 Å². The van der Waals surface area contributed by atoms with E-state index in [0.29, 0.717) is 32.6 Å². The number of aliphatic carboxylic acids is 1. The van der Waals surface area contributed by atoms with Crippen LogP contribution in [0.15, 0.2) is 0 Å². The van der Waals surface area contributed by atoms with Crippen molar-refractivity contribution in [3.8, 4) is 0 Å². The Kier molecular flexibility index (Phi) is 5.80. The molecule has 0 spiro atoms. The fourth-order valence-corrected chi connectivity index (χ4v) is 2.35. The van der Waals surface area contributed by atoms with E-state index in [1.54, 1.807) is 0 Å². The van der Waals surface area contributed by atoms with Gasteiger partial charge in [0.2, 0.25) is 0 Å². The molecule has 0 radical (unpaired) electrons. The van der Waals surface area contributed by atoms with Crippen LogP contribution < -0.4 is 10.6 Å². The molecule has 2 amide bonds. The van der Waals surface area contributed by atoms with Crippen LogP contribution in [-0.2, 0) is 9.53 Å². The monoisotopic (exact) mass is 286 g/mol. The number of hydrogen-bond acceptors (Lipinski definition) is 3. The summed E-state index contributed by atoms with van der Waals surface area (Å²) in [5, 5.41) is 14.6. The zero-order valence-electron chi connectivity index (χ0n) is 12.6. The van der Waals surface area contributed by atoms with E-state index >= 15 is 0 Å². The third kappa shape index (κ3) is 4.67. The third-order valence-electron chi connectivity index (χ3n) is 3.99. The minimum absolute atomic E-state index is 0.0277. The number of ether oxygens (including phenoxy) is 1. The van der Waals surface area contributed by atoms with E-state index in [1.165, 1.54) is 6.92 Å². The van der Waals surface area contributed by atoms with Crippen molar-refractivity contribution in [1.82, 2.24) is 10.6 Å². The molecule has 6 heteroatoms. The molecular weight excluding hydrogens is 260 g/mol. The predicted octanol–water partition coefficient (Wildman–Crippen LogP) is 1.75. The van der Waals surface area contributed by atoms with E-state index in [-0.39, 0.29) is 5.41 Å². The van der Waals surface area contributed by atoms with Crippen LogP contribution in [0.25, 0.3) is 0 Å². The molecule has 1 saturated heterocycles. The molecular formula is C14H26N2O4. The van der Waals surface area contributed by atoms with Gasteiger partial charge in [-0.2, -0.15) is 0 Å². The number of urea groups is 1. The van der Waals surface area contributed by atoms with E-state index in [4.69, 9.17) is 4.74 Å². The first-order valence-corrected chi connectivity index (χ1v) is 7.18. The average Bonchev–Trinajstić information content (AvgIpc) is 2.37. The molecule has 6 nitrogen and oxygen atoms in total. The van der Waals surface area contributed by atoms with Crippen LogP contribution in [-0.4, -0.2) is 42.4 Å². The van der Waals surface area contributed by atoms with Gasteiger partial charge in [0.05, 0.1) is 0 Å². The molecule has 1 atom stereocenters. The van der Waals surface area contributed by atoms with Crippen molar-refractivity contribution in [3.63, 3.8) is 0 Å². The molecule has 0 aliphatic carbocycles. The average molecular weight is 286 g/mol. The highest BCUT2D eigenvalue weighted by Crippen LogP contribution is 2.28. The zero-order valence-corrected chi connectivity index (χ0v) is 12.6. The maximum Gasteiger partial charge on any atom is 0.329 e. The maximum atomic E-state index is 11.9. The normalized spacial score (nSPS) is 20.8. The second-order valence-electron chi connectivity index (χ2n) is 6.12. The van der Waals surface area contributed by atoms with E-state index in [9.17, 15) is 14.7 Å². The Morgan fingerprint density at radius 1 is 1.35 bits per heavy atom. The Morgan fingerprint density at radius 2 is 1.95 bits per heavy atom. The summed E-state index contributed by atoms with van der Waals surface area (Å²) < 4.78 is 5.31. The van der Waals surface area contributed by atoms with Crippen LogP contribution in [0, 0.1) is 5.41 Å². The minimum Gasteiger partial charge on any atom is -0.480 e.